The van der Waals surface area contributed by atoms with Crippen molar-refractivity contribution in [3.8, 4) is 0 Å². The smallest absolute Gasteiger partial charge is 0.221 e. The number of hydrogen-bond acceptors (Lipinski definition) is 4. The van der Waals surface area contributed by atoms with Gasteiger partial charge in [0.2, 0.25) is 5.91 Å². The minimum absolute atomic E-state index is 0.108. The highest BCUT2D eigenvalue weighted by atomic mass is 16.5. The molecule has 0 aromatic carbocycles. The molecule has 0 aromatic rings. The lowest BCUT2D eigenvalue weighted by Gasteiger charge is -2.29. The van der Waals surface area contributed by atoms with E-state index < -0.39 is 0 Å². The van der Waals surface area contributed by atoms with Crippen LogP contribution >= 0.6 is 0 Å². The summed E-state index contributed by atoms with van der Waals surface area (Å²) in [6, 6.07) is 0.327. The SMILES string of the molecule is COCCOCCNC(=O)CC1NCCCC1C. The number of rotatable bonds is 8. The van der Waals surface area contributed by atoms with Crippen LogP contribution in [-0.2, 0) is 14.3 Å². The van der Waals surface area contributed by atoms with Crippen LogP contribution in [0.4, 0.5) is 0 Å². The molecule has 2 unspecified atom stereocenters. The molecule has 0 bridgehead atoms. The summed E-state index contributed by atoms with van der Waals surface area (Å²) in [6.07, 6.45) is 3.00. The molecule has 18 heavy (non-hydrogen) atoms. The summed E-state index contributed by atoms with van der Waals surface area (Å²) in [5.74, 6) is 0.694. The van der Waals surface area contributed by atoms with Crippen molar-refractivity contribution in [2.75, 3.05) is 40.0 Å². The number of carbonyl (C=O) groups is 1. The third-order valence-corrected chi connectivity index (χ3v) is 3.34. The van der Waals surface area contributed by atoms with Crippen LogP contribution < -0.4 is 10.6 Å². The molecule has 1 amide bonds. The Morgan fingerprint density at radius 3 is 2.94 bits per heavy atom. The van der Waals surface area contributed by atoms with Crippen LogP contribution in [0.25, 0.3) is 0 Å². The summed E-state index contributed by atoms with van der Waals surface area (Å²) in [4.78, 5) is 11.7. The topological polar surface area (TPSA) is 59.6 Å². The number of methoxy groups -OCH3 is 1. The average Bonchev–Trinajstić information content (AvgIpc) is 2.36. The lowest BCUT2D eigenvalue weighted by atomic mass is 9.90. The zero-order valence-electron chi connectivity index (χ0n) is 11.5. The van der Waals surface area contributed by atoms with Gasteiger partial charge in [0.05, 0.1) is 19.8 Å². The van der Waals surface area contributed by atoms with E-state index in [2.05, 4.69) is 17.6 Å². The van der Waals surface area contributed by atoms with Crippen molar-refractivity contribution in [1.29, 1.82) is 0 Å². The van der Waals surface area contributed by atoms with Gasteiger partial charge < -0.3 is 20.1 Å². The number of ether oxygens (including phenoxy) is 2. The quantitative estimate of drug-likeness (QED) is 0.624. The highest BCUT2D eigenvalue weighted by molar-refractivity contribution is 5.76. The zero-order chi connectivity index (χ0) is 13.2. The summed E-state index contributed by atoms with van der Waals surface area (Å²) < 4.78 is 10.1. The first-order valence-corrected chi connectivity index (χ1v) is 6.80. The molecule has 1 aliphatic heterocycles. The summed E-state index contributed by atoms with van der Waals surface area (Å²) in [5.41, 5.74) is 0. The Kier molecular flexibility index (Phi) is 7.96. The van der Waals surface area contributed by atoms with Crippen LogP contribution in [-0.4, -0.2) is 52.0 Å². The summed E-state index contributed by atoms with van der Waals surface area (Å²) in [5, 5.41) is 6.29. The van der Waals surface area contributed by atoms with E-state index in [0.29, 0.717) is 44.7 Å². The van der Waals surface area contributed by atoms with Gasteiger partial charge in [-0.25, -0.2) is 0 Å². The minimum atomic E-state index is 0.108. The van der Waals surface area contributed by atoms with Gasteiger partial charge in [-0.2, -0.15) is 0 Å². The van der Waals surface area contributed by atoms with Crippen LogP contribution in [0.1, 0.15) is 26.2 Å². The Hall–Kier alpha value is -0.650. The Labute approximate surface area is 110 Å². The number of amides is 1. The molecule has 0 aliphatic carbocycles. The fourth-order valence-electron chi connectivity index (χ4n) is 2.17. The number of carbonyl (C=O) groups excluding carboxylic acids is 1. The van der Waals surface area contributed by atoms with Crippen molar-refractivity contribution in [1.82, 2.24) is 10.6 Å². The molecular formula is C13H26N2O3. The third-order valence-electron chi connectivity index (χ3n) is 3.34. The molecule has 1 rings (SSSR count). The lowest BCUT2D eigenvalue weighted by molar-refractivity contribution is -0.122. The highest BCUT2D eigenvalue weighted by Gasteiger charge is 2.22. The first kappa shape index (κ1) is 15.4. The molecule has 5 nitrogen and oxygen atoms in total. The molecule has 2 N–H and O–H groups in total. The Bertz CT molecular complexity index is 236. The van der Waals surface area contributed by atoms with Crippen LogP contribution in [0.2, 0.25) is 0 Å². The molecule has 106 valence electrons. The monoisotopic (exact) mass is 258 g/mol. The first-order chi connectivity index (χ1) is 8.74. The third kappa shape index (κ3) is 6.33. The summed E-state index contributed by atoms with van der Waals surface area (Å²) in [7, 11) is 1.64. The van der Waals surface area contributed by atoms with Gasteiger partial charge in [-0.3, -0.25) is 4.79 Å². The summed E-state index contributed by atoms with van der Waals surface area (Å²) in [6.45, 7) is 5.53. The molecule has 2 atom stereocenters. The molecule has 1 heterocycles. The second-order valence-corrected chi connectivity index (χ2v) is 4.84. The maximum atomic E-state index is 11.7. The highest BCUT2D eigenvalue weighted by Crippen LogP contribution is 2.17. The summed E-state index contributed by atoms with van der Waals surface area (Å²) >= 11 is 0. The van der Waals surface area contributed by atoms with E-state index in [1.807, 2.05) is 0 Å². The van der Waals surface area contributed by atoms with Crippen molar-refractivity contribution in [2.24, 2.45) is 5.92 Å². The Morgan fingerprint density at radius 2 is 2.22 bits per heavy atom. The predicted molar refractivity (Wildman–Crippen MR) is 70.5 cm³/mol. The van der Waals surface area contributed by atoms with E-state index in [9.17, 15) is 4.79 Å². The van der Waals surface area contributed by atoms with E-state index in [1.54, 1.807) is 7.11 Å². The lowest BCUT2D eigenvalue weighted by Crippen LogP contribution is -2.43. The van der Waals surface area contributed by atoms with Gasteiger partial charge in [-0.15, -0.1) is 0 Å². The minimum Gasteiger partial charge on any atom is -0.382 e. The number of piperidine rings is 1. The normalized spacial score (nSPS) is 23.9. The van der Waals surface area contributed by atoms with Gasteiger partial charge in [0, 0.05) is 26.1 Å². The van der Waals surface area contributed by atoms with Crippen LogP contribution in [0.3, 0.4) is 0 Å². The molecule has 1 fully saturated rings. The van der Waals surface area contributed by atoms with E-state index in [-0.39, 0.29) is 5.91 Å². The fraction of sp³-hybridized carbons (Fsp3) is 0.923. The molecule has 1 aliphatic rings. The van der Waals surface area contributed by atoms with Crippen molar-refractivity contribution >= 4 is 5.91 Å². The van der Waals surface area contributed by atoms with Crippen LogP contribution in [0.5, 0.6) is 0 Å². The second kappa shape index (κ2) is 9.30. The van der Waals surface area contributed by atoms with Gasteiger partial charge in [0.15, 0.2) is 0 Å². The zero-order valence-corrected chi connectivity index (χ0v) is 11.5. The molecule has 0 spiro atoms. The number of hydrogen-bond donors (Lipinski definition) is 2. The van der Waals surface area contributed by atoms with Crippen LogP contribution in [0.15, 0.2) is 0 Å². The van der Waals surface area contributed by atoms with Gasteiger partial charge in [0.25, 0.3) is 0 Å². The van der Waals surface area contributed by atoms with E-state index in [0.717, 1.165) is 6.54 Å². The molecule has 5 heteroatoms. The van der Waals surface area contributed by atoms with Crippen molar-refractivity contribution in [2.45, 2.75) is 32.2 Å². The average molecular weight is 258 g/mol. The number of nitrogens with one attached hydrogen (secondary N) is 2. The van der Waals surface area contributed by atoms with Gasteiger partial charge in [-0.05, 0) is 25.3 Å². The van der Waals surface area contributed by atoms with E-state index in [4.69, 9.17) is 9.47 Å². The fourth-order valence-corrected chi connectivity index (χ4v) is 2.17. The second-order valence-electron chi connectivity index (χ2n) is 4.84. The predicted octanol–water partition coefficient (Wildman–Crippen LogP) is 0.544. The molecule has 1 saturated heterocycles. The van der Waals surface area contributed by atoms with Crippen molar-refractivity contribution < 1.29 is 14.3 Å². The van der Waals surface area contributed by atoms with Gasteiger partial charge >= 0.3 is 0 Å². The molecular weight excluding hydrogens is 232 g/mol. The maximum Gasteiger partial charge on any atom is 0.221 e. The van der Waals surface area contributed by atoms with Crippen molar-refractivity contribution in [3.05, 3.63) is 0 Å². The maximum absolute atomic E-state index is 11.7. The van der Waals surface area contributed by atoms with Crippen LogP contribution in [0, 0.1) is 5.92 Å². The molecule has 0 radical (unpaired) electrons. The standard InChI is InChI=1S/C13H26N2O3/c1-11-4-3-5-14-12(11)10-13(16)15-6-7-18-9-8-17-2/h11-12,14H,3-10H2,1-2H3,(H,15,16). The van der Waals surface area contributed by atoms with Gasteiger partial charge in [0.1, 0.15) is 0 Å². The molecule has 0 aromatic heterocycles. The van der Waals surface area contributed by atoms with E-state index in [1.165, 1.54) is 12.8 Å². The first-order valence-electron chi connectivity index (χ1n) is 6.80. The largest absolute Gasteiger partial charge is 0.382 e. The van der Waals surface area contributed by atoms with Gasteiger partial charge in [-0.1, -0.05) is 6.92 Å². The van der Waals surface area contributed by atoms with E-state index >= 15 is 0 Å². The Morgan fingerprint density at radius 1 is 1.39 bits per heavy atom. The Balaban J connectivity index is 2.02. The van der Waals surface area contributed by atoms with Crippen molar-refractivity contribution in [3.63, 3.8) is 0 Å². The molecule has 0 saturated carbocycles.